The van der Waals surface area contributed by atoms with Crippen LogP contribution in [0.25, 0.3) is 88.6 Å². The summed E-state index contributed by atoms with van der Waals surface area (Å²) in [5, 5.41) is 6.96. The molecule has 0 N–H and O–H groups in total. The van der Waals surface area contributed by atoms with Crippen molar-refractivity contribution in [2.75, 3.05) is 0 Å². The van der Waals surface area contributed by atoms with E-state index in [1.165, 1.54) is 49.3 Å². The number of rotatable bonds is 4. The van der Waals surface area contributed by atoms with Crippen molar-refractivity contribution >= 4 is 65.6 Å². The molecule has 264 valence electrons. The number of aromatic nitrogens is 5. The van der Waals surface area contributed by atoms with Crippen LogP contribution < -0.4 is 0 Å². The van der Waals surface area contributed by atoms with Crippen molar-refractivity contribution in [3.8, 4) is 23.0 Å². The quantitative estimate of drug-likeness (QED) is 0.182. The fourth-order valence-corrected chi connectivity index (χ4v) is 11.7. The molecule has 10 aromatic rings. The zero-order valence-corrected chi connectivity index (χ0v) is 30.3. The third-order valence-electron chi connectivity index (χ3n) is 13.5. The smallest absolute Gasteiger partial charge is 0.238 e. The molecule has 4 heterocycles. The molecule has 6 nitrogen and oxygen atoms in total. The highest BCUT2D eigenvalue weighted by atomic mass is 16.3. The van der Waals surface area contributed by atoms with E-state index in [4.69, 9.17) is 19.4 Å². The van der Waals surface area contributed by atoms with E-state index >= 15 is 0 Å². The van der Waals surface area contributed by atoms with Crippen LogP contribution in [0, 0.1) is 17.8 Å². The van der Waals surface area contributed by atoms with Crippen molar-refractivity contribution in [3.63, 3.8) is 0 Å². The van der Waals surface area contributed by atoms with Crippen molar-refractivity contribution < 1.29 is 4.42 Å². The lowest BCUT2D eigenvalue weighted by atomic mass is 9.49. The average molecular weight is 712 g/mol. The molecule has 6 heteroatoms. The molecule has 0 saturated heterocycles. The topological polar surface area (TPSA) is 61.7 Å². The van der Waals surface area contributed by atoms with Gasteiger partial charge in [-0.2, -0.15) is 9.97 Å². The Hall–Kier alpha value is -6.27. The van der Waals surface area contributed by atoms with E-state index < -0.39 is 0 Å². The van der Waals surface area contributed by atoms with Gasteiger partial charge in [-0.05, 0) is 105 Å². The molecule has 4 bridgehead atoms. The Morgan fingerprint density at radius 1 is 0.491 bits per heavy atom. The number of nitrogens with zero attached hydrogens (tertiary/aromatic N) is 5. The molecule has 0 atom stereocenters. The molecule has 6 aromatic carbocycles. The van der Waals surface area contributed by atoms with E-state index in [0.29, 0.717) is 5.95 Å². The van der Waals surface area contributed by atoms with Crippen molar-refractivity contribution in [2.45, 2.75) is 43.9 Å². The highest BCUT2D eigenvalue weighted by Crippen LogP contribution is 2.60. The van der Waals surface area contributed by atoms with E-state index in [1.54, 1.807) is 0 Å². The molecule has 4 aliphatic rings. The highest BCUT2D eigenvalue weighted by Gasteiger charge is 2.53. The molecule has 0 unspecified atom stereocenters. The second-order valence-corrected chi connectivity index (χ2v) is 16.7. The van der Waals surface area contributed by atoms with E-state index in [1.807, 2.05) is 6.07 Å². The van der Waals surface area contributed by atoms with Gasteiger partial charge in [-0.1, -0.05) is 84.9 Å². The van der Waals surface area contributed by atoms with Gasteiger partial charge in [0.15, 0.2) is 5.82 Å². The Morgan fingerprint density at radius 2 is 1.07 bits per heavy atom. The Bertz CT molecular complexity index is 3130. The minimum Gasteiger partial charge on any atom is -0.455 e. The molecule has 4 saturated carbocycles. The van der Waals surface area contributed by atoms with Gasteiger partial charge >= 0.3 is 0 Å². The fraction of sp³-hybridized carbons (Fsp3) is 0.204. The number of para-hydroxylation sites is 5. The summed E-state index contributed by atoms with van der Waals surface area (Å²) in [7, 11) is 0. The molecule has 4 aromatic heterocycles. The maximum atomic E-state index is 6.65. The fourth-order valence-electron chi connectivity index (χ4n) is 11.7. The largest absolute Gasteiger partial charge is 0.455 e. The Balaban J connectivity index is 1.10. The third-order valence-corrected chi connectivity index (χ3v) is 13.5. The summed E-state index contributed by atoms with van der Waals surface area (Å²) >= 11 is 0. The molecular weight excluding hydrogens is 675 g/mol. The standard InChI is InChI=1S/C49H37N5O/c1-6-16-38-32(11-1)33-12-2-7-17-39(33)54(38)48-51-46(50-47(52-48)49-26-29-23-30(27-49)25-31(24-29)28-49)37-15-4-9-19-41(37)53-40-18-8-3-14-36(40)44-42(53)22-21-35-34-13-5-10-20-43(34)55-45(35)44/h1-22,29-31H,23-28H2. The van der Waals surface area contributed by atoms with Crippen LogP contribution in [0.1, 0.15) is 44.3 Å². The summed E-state index contributed by atoms with van der Waals surface area (Å²) in [4.78, 5) is 16.7. The van der Waals surface area contributed by atoms with Crippen LogP contribution in [0.3, 0.4) is 0 Å². The predicted octanol–water partition coefficient (Wildman–Crippen LogP) is 12.1. The Kier molecular flexibility index (Phi) is 5.97. The number of hydrogen-bond acceptors (Lipinski definition) is 4. The lowest BCUT2D eigenvalue weighted by molar-refractivity contribution is -0.00944. The maximum Gasteiger partial charge on any atom is 0.238 e. The Labute approximate surface area is 317 Å². The molecular formula is C49H37N5O. The monoisotopic (exact) mass is 711 g/mol. The van der Waals surface area contributed by atoms with E-state index in [-0.39, 0.29) is 5.41 Å². The lowest BCUT2D eigenvalue weighted by Crippen LogP contribution is -2.49. The second-order valence-electron chi connectivity index (χ2n) is 16.7. The van der Waals surface area contributed by atoms with Crippen molar-refractivity contribution in [1.82, 2.24) is 24.1 Å². The van der Waals surface area contributed by atoms with Crippen molar-refractivity contribution in [1.29, 1.82) is 0 Å². The van der Waals surface area contributed by atoms with Crippen LogP contribution in [-0.2, 0) is 5.41 Å². The van der Waals surface area contributed by atoms with Crippen molar-refractivity contribution in [3.05, 3.63) is 139 Å². The van der Waals surface area contributed by atoms with Crippen LogP contribution in [0.5, 0.6) is 0 Å². The first kappa shape index (κ1) is 30.1. The molecule has 4 aliphatic carbocycles. The van der Waals surface area contributed by atoms with Gasteiger partial charge in [0.05, 0.1) is 33.1 Å². The minimum absolute atomic E-state index is 0.0192. The maximum absolute atomic E-state index is 6.65. The summed E-state index contributed by atoms with van der Waals surface area (Å²) in [5.41, 5.74) is 8.28. The van der Waals surface area contributed by atoms with Gasteiger partial charge in [0.1, 0.15) is 17.0 Å². The van der Waals surface area contributed by atoms with Gasteiger partial charge in [0, 0.05) is 37.9 Å². The van der Waals surface area contributed by atoms with Gasteiger partial charge in [-0.15, -0.1) is 0 Å². The summed E-state index contributed by atoms with van der Waals surface area (Å²) in [6.45, 7) is 0. The molecule has 0 aliphatic heterocycles. The van der Waals surface area contributed by atoms with Crippen LogP contribution in [0.15, 0.2) is 138 Å². The lowest BCUT2D eigenvalue weighted by Gasteiger charge is -2.55. The zero-order valence-electron chi connectivity index (χ0n) is 30.3. The summed E-state index contributed by atoms with van der Waals surface area (Å²) in [6, 6.07) is 47.5. The first-order valence-electron chi connectivity index (χ1n) is 19.9. The first-order chi connectivity index (χ1) is 27.2. The Morgan fingerprint density at radius 3 is 1.78 bits per heavy atom. The average Bonchev–Trinajstić information content (AvgIpc) is 3.88. The van der Waals surface area contributed by atoms with Crippen molar-refractivity contribution in [2.24, 2.45) is 17.8 Å². The molecule has 0 spiro atoms. The molecule has 55 heavy (non-hydrogen) atoms. The zero-order chi connectivity index (χ0) is 35.8. The van der Waals surface area contributed by atoms with Gasteiger partial charge in [0.25, 0.3) is 0 Å². The molecule has 14 rings (SSSR count). The minimum atomic E-state index is -0.0192. The highest BCUT2D eigenvalue weighted by molar-refractivity contribution is 6.24. The predicted molar refractivity (Wildman–Crippen MR) is 221 cm³/mol. The molecule has 0 amide bonds. The van der Waals surface area contributed by atoms with Crippen LogP contribution in [-0.4, -0.2) is 24.1 Å². The number of fused-ring (bicyclic) bond motifs is 10. The first-order valence-corrected chi connectivity index (χ1v) is 19.9. The summed E-state index contributed by atoms with van der Waals surface area (Å²) < 4.78 is 11.3. The van der Waals surface area contributed by atoms with Crippen LogP contribution >= 0.6 is 0 Å². The summed E-state index contributed by atoms with van der Waals surface area (Å²) in [5.74, 6) is 4.71. The number of benzene rings is 6. The summed E-state index contributed by atoms with van der Waals surface area (Å²) in [6.07, 6.45) is 7.63. The van der Waals surface area contributed by atoms with Crippen LogP contribution in [0.4, 0.5) is 0 Å². The number of furan rings is 1. The SMILES string of the molecule is c1ccc(-n2c3ccccc3c3c4oc5ccccc5c4ccc32)c(-c2nc(-n3c4ccccc4c4ccccc43)nc(C34CC5CC(CC(C5)C3)C4)n2)c1. The second kappa shape index (κ2) is 10.9. The van der Waals surface area contributed by atoms with E-state index in [0.717, 1.165) is 95.4 Å². The third kappa shape index (κ3) is 4.17. The normalized spacial score (nSPS) is 22.0. The molecule has 0 radical (unpaired) electrons. The van der Waals surface area contributed by atoms with Gasteiger partial charge in [-0.3, -0.25) is 4.57 Å². The molecule has 4 fully saturated rings. The van der Waals surface area contributed by atoms with Gasteiger partial charge in [0.2, 0.25) is 5.95 Å². The van der Waals surface area contributed by atoms with Gasteiger partial charge in [-0.25, -0.2) is 4.98 Å². The van der Waals surface area contributed by atoms with E-state index in [2.05, 4.69) is 137 Å². The van der Waals surface area contributed by atoms with Gasteiger partial charge < -0.3 is 8.98 Å². The number of hydrogen-bond donors (Lipinski definition) is 0. The van der Waals surface area contributed by atoms with Crippen LogP contribution in [0.2, 0.25) is 0 Å². The van der Waals surface area contributed by atoms with E-state index in [9.17, 15) is 0 Å².